The number of rotatable bonds is 5. The molecule has 0 N–H and O–H groups in total. The highest BCUT2D eigenvalue weighted by atomic mass is 16.5. The summed E-state index contributed by atoms with van der Waals surface area (Å²) in [6.07, 6.45) is 0. The second-order valence-electron chi connectivity index (χ2n) is 6.90. The molecule has 0 aliphatic carbocycles. The number of carbonyl (C=O) groups excluding carboxylic acids is 2. The van der Waals surface area contributed by atoms with Gasteiger partial charge in [-0.05, 0) is 44.0 Å². The first-order chi connectivity index (χ1) is 12.4. The fourth-order valence-corrected chi connectivity index (χ4v) is 3.09. The molecule has 1 aliphatic heterocycles. The van der Waals surface area contributed by atoms with Crippen molar-refractivity contribution in [1.82, 2.24) is 4.90 Å². The molecule has 1 amide bonds. The van der Waals surface area contributed by atoms with Crippen molar-refractivity contribution in [2.24, 2.45) is 0 Å². The van der Waals surface area contributed by atoms with Crippen LogP contribution in [0.4, 0.5) is 5.69 Å². The Hall–Kier alpha value is -2.82. The van der Waals surface area contributed by atoms with Crippen molar-refractivity contribution < 1.29 is 14.3 Å². The summed E-state index contributed by atoms with van der Waals surface area (Å²) in [7, 11) is 0. The lowest BCUT2D eigenvalue weighted by atomic mass is 10.1. The topological polar surface area (TPSA) is 49.9 Å². The molecule has 1 heterocycles. The third-order valence-corrected chi connectivity index (χ3v) is 4.47. The average molecular weight is 352 g/mol. The predicted molar refractivity (Wildman–Crippen MR) is 101 cm³/mol. The number of fused-ring (bicyclic) bond motifs is 1. The fourth-order valence-electron chi connectivity index (χ4n) is 3.09. The number of aryl methyl sites for hydroxylation is 1. The van der Waals surface area contributed by atoms with E-state index in [4.69, 9.17) is 4.74 Å². The van der Waals surface area contributed by atoms with E-state index >= 15 is 0 Å². The lowest BCUT2D eigenvalue weighted by Crippen LogP contribution is -2.46. The maximum absolute atomic E-state index is 13.0. The highest BCUT2D eigenvalue weighted by Gasteiger charge is 2.28. The Kier molecular flexibility index (Phi) is 5.26. The van der Waals surface area contributed by atoms with Crippen molar-refractivity contribution in [3.63, 3.8) is 0 Å². The van der Waals surface area contributed by atoms with Crippen LogP contribution >= 0.6 is 0 Å². The number of nitrogens with zero attached hydrogens (tertiary/aromatic N) is 2. The molecule has 0 saturated heterocycles. The second kappa shape index (κ2) is 7.60. The van der Waals surface area contributed by atoms with Crippen molar-refractivity contribution in [3.8, 4) is 5.75 Å². The molecule has 0 spiro atoms. The normalized spacial score (nSPS) is 13.4. The van der Waals surface area contributed by atoms with Crippen LogP contribution in [0, 0.1) is 6.92 Å². The van der Waals surface area contributed by atoms with Crippen LogP contribution in [0.5, 0.6) is 5.75 Å². The third kappa shape index (κ3) is 4.04. The van der Waals surface area contributed by atoms with Crippen LogP contribution in [0.25, 0.3) is 0 Å². The number of carbonyl (C=O) groups is 2. The van der Waals surface area contributed by atoms with Crippen LogP contribution in [0.1, 0.15) is 25.0 Å². The summed E-state index contributed by atoms with van der Waals surface area (Å²) < 4.78 is 5.32. The van der Waals surface area contributed by atoms with E-state index in [1.54, 1.807) is 4.90 Å². The summed E-state index contributed by atoms with van der Waals surface area (Å²) in [5.74, 6) is 0.174. The number of hydrogen-bond donors (Lipinski definition) is 0. The first-order valence-corrected chi connectivity index (χ1v) is 8.83. The van der Waals surface area contributed by atoms with Crippen LogP contribution in [0.2, 0.25) is 0 Å². The van der Waals surface area contributed by atoms with Gasteiger partial charge in [-0.3, -0.25) is 4.79 Å². The fraction of sp³-hybridized carbons (Fsp3) is 0.333. The maximum Gasteiger partial charge on any atom is 0.331 e. The summed E-state index contributed by atoms with van der Waals surface area (Å²) in [4.78, 5) is 28.5. The van der Waals surface area contributed by atoms with Gasteiger partial charge in [-0.2, -0.15) is 0 Å². The molecule has 1 aliphatic rings. The zero-order valence-electron chi connectivity index (χ0n) is 15.4. The van der Waals surface area contributed by atoms with Crippen LogP contribution in [0.3, 0.4) is 0 Å². The van der Waals surface area contributed by atoms with Gasteiger partial charge < -0.3 is 14.5 Å². The molecule has 5 heteroatoms. The van der Waals surface area contributed by atoms with E-state index < -0.39 is 0 Å². The average Bonchev–Trinajstić information content (AvgIpc) is 2.59. The molecule has 0 fully saturated rings. The molecule has 136 valence electrons. The molecule has 0 atom stereocenters. The van der Waals surface area contributed by atoms with E-state index in [9.17, 15) is 9.59 Å². The molecule has 3 rings (SSSR count). The van der Waals surface area contributed by atoms with Gasteiger partial charge in [0.25, 0.3) is 0 Å². The number of esters is 1. The zero-order chi connectivity index (χ0) is 18.7. The molecule has 0 saturated carbocycles. The summed E-state index contributed by atoms with van der Waals surface area (Å²) in [6, 6.07) is 15.7. The van der Waals surface area contributed by atoms with Crippen LogP contribution in [0.15, 0.2) is 48.5 Å². The van der Waals surface area contributed by atoms with Crippen LogP contribution in [-0.4, -0.2) is 35.9 Å². The highest BCUT2D eigenvalue weighted by Crippen LogP contribution is 2.32. The molecular weight excluding hydrogens is 328 g/mol. The van der Waals surface area contributed by atoms with E-state index in [2.05, 4.69) is 0 Å². The number of benzene rings is 2. The van der Waals surface area contributed by atoms with E-state index in [1.807, 2.05) is 74.2 Å². The number of amides is 1. The molecular formula is C21H24N2O3. The lowest BCUT2D eigenvalue weighted by Gasteiger charge is -2.33. The van der Waals surface area contributed by atoms with Crippen molar-refractivity contribution in [2.75, 3.05) is 18.0 Å². The molecule has 0 bridgehead atoms. The van der Waals surface area contributed by atoms with E-state index in [1.165, 1.54) is 0 Å². The van der Waals surface area contributed by atoms with Crippen molar-refractivity contribution >= 4 is 17.6 Å². The van der Waals surface area contributed by atoms with Gasteiger partial charge >= 0.3 is 5.97 Å². The first-order valence-electron chi connectivity index (χ1n) is 8.83. The maximum atomic E-state index is 13.0. The minimum absolute atomic E-state index is 0.00919. The quantitative estimate of drug-likeness (QED) is 0.613. The van der Waals surface area contributed by atoms with Gasteiger partial charge in [-0.15, -0.1) is 0 Å². The van der Waals surface area contributed by atoms with Crippen molar-refractivity contribution in [3.05, 3.63) is 59.7 Å². The monoisotopic (exact) mass is 352 g/mol. The predicted octanol–water partition coefficient (Wildman–Crippen LogP) is 3.16. The Labute approximate surface area is 154 Å². The smallest absolute Gasteiger partial charge is 0.331 e. The molecule has 5 nitrogen and oxygen atoms in total. The van der Waals surface area contributed by atoms with Crippen molar-refractivity contribution in [2.45, 2.75) is 33.4 Å². The van der Waals surface area contributed by atoms with Crippen molar-refractivity contribution in [1.29, 1.82) is 0 Å². The minimum Gasteiger partial charge on any atom is -0.423 e. The summed E-state index contributed by atoms with van der Waals surface area (Å²) in [5, 5.41) is 0. The van der Waals surface area contributed by atoms with Gasteiger partial charge in [0.2, 0.25) is 5.91 Å². The molecule has 0 unspecified atom stereocenters. The van der Waals surface area contributed by atoms with Gasteiger partial charge in [-0.25, -0.2) is 4.79 Å². The Balaban J connectivity index is 1.78. The Morgan fingerprint density at radius 3 is 2.62 bits per heavy atom. The van der Waals surface area contributed by atoms with Gasteiger partial charge in [-0.1, -0.05) is 36.4 Å². The van der Waals surface area contributed by atoms with Gasteiger partial charge in [0.15, 0.2) is 5.75 Å². The standard InChI is InChI=1S/C21H24N2O3/c1-15(2)23(12-17-7-5-4-6-8-17)20(24)13-22-14-21(25)26-19-11-16(3)9-10-18(19)22/h4-11,15H,12-14H2,1-3H3. The zero-order valence-corrected chi connectivity index (χ0v) is 15.4. The third-order valence-electron chi connectivity index (χ3n) is 4.47. The number of ether oxygens (including phenoxy) is 1. The molecule has 0 aromatic heterocycles. The van der Waals surface area contributed by atoms with E-state index in [0.717, 1.165) is 16.8 Å². The largest absolute Gasteiger partial charge is 0.423 e. The van der Waals surface area contributed by atoms with Gasteiger partial charge in [0.1, 0.15) is 6.54 Å². The van der Waals surface area contributed by atoms with E-state index in [0.29, 0.717) is 12.3 Å². The second-order valence-corrected chi connectivity index (χ2v) is 6.90. The Morgan fingerprint density at radius 2 is 1.92 bits per heavy atom. The Bertz CT molecular complexity index is 802. The van der Waals surface area contributed by atoms with E-state index in [-0.39, 0.29) is 31.0 Å². The van der Waals surface area contributed by atoms with Crippen LogP contribution < -0.4 is 9.64 Å². The molecule has 26 heavy (non-hydrogen) atoms. The summed E-state index contributed by atoms with van der Waals surface area (Å²) in [5.41, 5.74) is 2.88. The Morgan fingerprint density at radius 1 is 1.19 bits per heavy atom. The van der Waals surface area contributed by atoms with Gasteiger partial charge in [0.05, 0.1) is 12.2 Å². The SMILES string of the molecule is Cc1ccc2c(c1)OC(=O)CN2CC(=O)N(Cc1ccccc1)C(C)C. The highest BCUT2D eigenvalue weighted by molar-refractivity contribution is 5.89. The first kappa shape index (κ1) is 18.0. The number of hydrogen-bond acceptors (Lipinski definition) is 4. The molecule has 0 radical (unpaired) electrons. The molecule has 2 aromatic rings. The lowest BCUT2D eigenvalue weighted by molar-refractivity contribution is -0.134. The summed E-state index contributed by atoms with van der Waals surface area (Å²) in [6.45, 7) is 6.73. The minimum atomic E-state index is -0.338. The van der Waals surface area contributed by atoms with Gasteiger partial charge in [0, 0.05) is 12.6 Å². The molecule has 2 aromatic carbocycles. The number of anilines is 1. The van der Waals surface area contributed by atoms with Crippen LogP contribution in [-0.2, 0) is 16.1 Å². The summed E-state index contributed by atoms with van der Waals surface area (Å²) >= 11 is 0.